The standard InChI is InChI=1S/C20H21N5OS/c26-20(15-2-4-18-19(7-15)22-6-5-21-18)25-9-14-1-3-17(25)11-24(8-14)10-16-12-27-13-23-16/h2,4-7,12-14,17H,1,3,8-11H2/t14-,17+/m0/s1. The van der Waals surface area contributed by atoms with Crippen molar-refractivity contribution >= 4 is 28.3 Å². The first-order valence-electron chi connectivity index (χ1n) is 9.37. The Bertz CT molecular complexity index is 960. The summed E-state index contributed by atoms with van der Waals surface area (Å²) >= 11 is 1.64. The average molecular weight is 379 g/mol. The van der Waals surface area contributed by atoms with Gasteiger partial charge in [0.05, 0.1) is 22.2 Å². The van der Waals surface area contributed by atoms with E-state index in [-0.39, 0.29) is 11.9 Å². The normalized spacial score (nSPS) is 22.9. The molecule has 3 fully saturated rings. The maximum Gasteiger partial charge on any atom is 0.254 e. The van der Waals surface area contributed by atoms with Crippen LogP contribution in [0.15, 0.2) is 41.5 Å². The van der Waals surface area contributed by atoms with Gasteiger partial charge in [0.25, 0.3) is 5.91 Å². The lowest BCUT2D eigenvalue weighted by Crippen LogP contribution is -2.47. The minimum Gasteiger partial charge on any atom is -0.334 e. The number of fused-ring (bicyclic) bond motifs is 5. The second kappa shape index (κ2) is 6.98. The van der Waals surface area contributed by atoms with Crippen molar-refractivity contribution in [1.29, 1.82) is 0 Å². The Balaban J connectivity index is 1.37. The summed E-state index contributed by atoms with van der Waals surface area (Å²) < 4.78 is 0. The van der Waals surface area contributed by atoms with Crippen LogP contribution in [0, 0.1) is 5.92 Å². The van der Waals surface area contributed by atoms with Crippen LogP contribution in [0.4, 0.5) is 0 Å². The van der Waals surface area contributed by atoms with Gasteiger partial charge in [-0.2, -0.15) is 0 Å². The molecule has 3 aliphatic heterocycles. The Morgan fingerprint density at radius 3 is 2.81 bits per heavy atom. The highest BCUT2D eigenvalue weighted by molar-refractivity contribution is 7.07. The van der Waals surface area contributed by atoms with Crippen LogP contribution in [0.1, 0.15) is 28.9 Å². The third-order valence-electron chi connectivity index (χ3n) is 5.64. The molecule has 1 aromatic carbocycles. The molecular weight excluding hydrogens is 358 g/mol. The van der Waals surface area contributed by atoms with E-state index in [1.54, 1.807) is 23.7 Å². The monoisotopic (exact) mass is 379 g/mol. The van der Waals surface area contributed by atoms with Crippen molar-refractivity contribution in [3.05, 3.63) is 52.7 Å². The van der Waals surface area contributed by atoms with Gasteiger partial charge in [-0.25, -0.2) is 4.98 Å². The molecule has 0 unspecified atom stereocenters. The molecule has 0 radical (unpaired) electrons. The highest BCUT2D eigenvalue weighted by Crippen LogP contribution is 2.30. The van der Waals surface area contributed by atoms with Crippen LogP contribution in [0.3, 0.4) is 0 Å². The van der Waals surface area contributed by atoms with Crippen LogP contribution in [0.25, 0.3) is 11.0 Å². The summed E-state index contributed by atoms with van der Waals surface area (Å²) in [6, 6.07) is 5.91. The van der Waals surface area contributed by atoms with Crippen LogP contribution in [0.5, 0.6) is 0 Å². The molecule has 3 aliphatic rings. The maximum atomic E-state index is 13.3. The Hall–Kier alpha value is -2.38. The summed E-state index contributed by atoms with van der Waals surface area (Å²) in [5, 5.41) is 2.12. The predicted molar refractivity (Wildman–Crippen MR) is 104 cm³/mol. The van der Waals surface area contributed by atoms with Gasteiger partial charge in [-0.3, -0.25) is 19.7 Å². The summed E-state index contributed by atoms with van der Waals surface area (Å²) in [5.74, 6) is 0.652. The van der Waals surface area contributed by atoms with E-state index in [9.17, 15) is 4.79 Å². The molecular formula is C20H21N5OS. The van der Waals surface area contributed by atoms with E-state index in [1.165, 1.54) is 6.42 Å². The number of piperidine rings is 1. The van der Waals surface area contributed by atoms with Gasteiger partial charge in [0.15, 0.2) is 0 Å². The first-order valence-corrected chi connectivity index (χ1v) is 10.3. The molecule has 2 bridgehead atoms. The van der Waals surface area contributed by atoms with Crippen LogP contribution in [-0.2, 0) is 6.54 Å². The SMILES string of the molecule is O=C(c1ccc2nccnc2c1)N1C[C@H]2CC[C@@H]1CN(Cc1cscn1)C2. The van der Waals surface area contributed by atoms with Gasteiger partial charge < -0.3 is 4.90 Å². The summed E-state index contributed by atoms with van der Waals surface area (Å²) in [5.41, 5.74) is 5.32. The molecule has 138 valence electrons. The number of hydrogen-bond acceptors (Lipinski definition) is 6. The number of hydrogen-bond donors (Lipinski definition) is 0. The van der Waals surface area contributed by atoms with E-state index in [0.717, 1.165) is 49.3 Å². The topological polar surface area (TPSA) is 62.2 Å². The number of thiazole rings is 1. The molecule has 7 heteroatoms. The molecule has 5 heterocycles. The molecule has 1 amide bonds. The van der Waals surface area contributed by atoms with Gasteiger partial charge in [-0.1, -0.05) is 0 Å². The lowest BCUT2D eigenvalue weighted by molar-refractivity contribution is 0.0585. The quantitative estimate of drug-likeness (QED) is 0.700. The third kappa shape index (κ3) is 3.33. The summed E-state index contributed by atoms with van der Waals surface area (Å²) in [7, 11) is 0. The van der Waals surface area contributed by atoms with Crippen LogP contribution in [0.2, 0.25) is 0 Å². The first-order chi connectivity index (χ1) is 13.3. The van der Waals surface area contributed by atoms with Crippen molar-refractivity contribution in [2.24, 2.45) is 5.92 Å². The number of rotatable bonds is 3. The molecule has 6 rings (SSSR count). The maximum absolute atomic E-state index is 13.3. The average Bonchev–Trinajstić information content (AvgIpc) is 3.05. The fourth-order valence-electron chi connectivity index (χ4n) is 4.36. The van der Waals surface area contributed by atoms with Crippen molar-refractivity contribution in [3.8, 4) is 0 Å². The number of nitrogens with zero attached hydrogens (tertiary/aromatic N) is 5. The molecule has 0 saturated carbocycles. The zero-order valence-corrected chi connectivity index (χ0v) is 15.8. The third-order valence-corrected chi connectivity index (χ3v) is 6.27. The van der Waals surface area contributed by atoms with E-state index < -0.39 is 0 Å². The van der Waals surface area contributed by atoms with E-state index in [1.807, 2.05) is 23.7 Å². The Morgan fingerprint density at radius 1 is 1.07 bits per heavy atom. The zero-order chi connectivity index (χ0) is 18.2. The fraction of sp³-hybridized carbons (Fsp3) is 0.400. The molecule has 3 saturated heterocycles. The minimum atomic E-state index is 0.118. The lowest BCUT2D eigenvalue weighted by atomic mass is 9.94. The van der Waals surface area contributed by atoms with Crippen molar-refractivity contribution in [2.45, 2.75) is 25.4 Å². The molecule has 3 aromatic rings. The van der Waals surface area contributed by atoms with Crippen molar-refractivity contribution < 1.29 is 4.79 Å². The van der Waals surface area contributed by atoms with Crippen molar-refractivity contribution in [2.75, 3.05) is 19.6 Å². The number of benzene rings is 1. The van der Waals surface area contributed by atoms with E-state index >= 15 is 0 Å². The Morgan fingerprint density at radius 2 is 1.96 bits per heavy atom. The van der Waals surface area contributed by atoms with Crippen LogP contribution < -0.4 is 0 Å². The second-order valence-corrected chi connectivity index (χ2v) is 8.21. The number of amides is 1. The summed E-state index contributed by atoms with van der Waals surface area (Å²) in [4.78, 5) is 30.9. The van der Waals surface area contributed by atoms with E-state index in [0.29, 0.717) is 11.5 Å². The Labute approximate surface area is 161 Å². The fourth-order valence-corrected chi connectivity index (χ4v) is 4.91. The summed E-state index contributed by atoms with van der Waals surface area (Å²) in [6.45, 7) is 3.69. The Kier molecular flexibility index (Phi) is 4.33. The first kappa shape index (κ1) is 16.8. The van der Waals surface area contributed by atoms with Gasteiger partial charge >= 0.3 is 0 Å². The molecule has 0 aliphatic carbocycles. The number of aromatic nitrogens is 3. The summed E-state index contributed by atoms with van der Waals surface area (Å²) in [6.07, 6.45) is 5.62. The van der Waals surface area contributed by atoms with Crippen LogP contribution >= 0.6 is 11.3 Å². The van der Waals surface area contributed by atoms with E-state index in [4.69, 9.17) is 0 Å². The molecule has 0 spiro atoms. The predicted octanol–water partition coefficient (Wildman–Crippen LogP) is 2.82. The number of carbonyl (C=O) groups is 1. The molecule has 2 atom stereocenters. The molecule has 2 aromatic heterocycles. The highest BCUT2D eigenvalue weighted by Gasteiger charge is 2.37. The zero-order valence-electron chi connectivity index (χ0n) is 15.0. The molecule has 6 nitrogen and oxygen atoms in total. The van der Waals surface area contributed by atoms with Gasteiger partial charge in [0.1, 0.15) is 0 Å². The van der Waals surface area contributed by atoms with Gasteiger partial charge in [-0.05, 0) is 37.0 Å². The van der Waals surface area contributed by atoms with Gasteiger partial charge in [0.2, 0.25) is 0 Å². The minimum absolute atomic E-state index is 0.118. The smallest absolute Gasteiger partial charge is 0.254 e. The largest absolute Gasteiger partial charge is 0.334 e. The van der Waals surface area contributed by atoms with Crippen molar-refractivity contribution in [3.63, 3.8) is 0 Å². The van der Waals surface area contributed by atoms with Crippen molar-refractivity contribution in [1.82, 2.24) is 24.8 Å². The molecule has 27 heavy (non-hydrogen) atoms. The lowest BCUT2D eigenvalue weighted by Gasteiger charge is -2.36. The second-order valence-electron chi connectivity index (χ2n) is 7.49. The van der Waals surface area contributed by atoms with Gasteiger partial charge in [0, 0.05) is 55.6 Å². The molecule has 0 N–H and O–H groups in total. The number of carbonyl (C=O) groups excluding carboxylic acids is 1. The highest BCUT2D eigenvalue weighted by atomic mass is 32.1. The van der Waals surface area contributed by atoms with Gasteiger partial charge in [-0.15, -0.1) is 11.3 Å². The van der Waals surface area contributed by atoms with Crippen LogP contribution in [-0.4, -0.2) is 56.3 Å². The van der Waals surface area contributed by atoms with E-state index in [2.05, 4.69) is 30.1 Å².